The molecule has 0 bridgehead atoms. The zero-order chi connectivity index (χ0) is 18.4. The highest BCUT2D eigenvalue weighted by atomic mass is 32.2. The molecule has 1 unspecified atom stereocenters. The van der Waals surface area contributed by atoms with E-state index in [1.165, 1.54) is 27.2 Å². The van der Waals surface area contributed by atoms with E-state index in [1.54, 1.807) is 18.0 Å². The molecule has 0 aliphatic carbocycles. The van der Waals surface area contributed by atoms with Crippen molar-refractivity contribution in [1.82, 2.24) is 14.9 Å². The maximum atomic E-state index is 13.0. The van der Waals surface area contributed by atoms with Gasteiger partial charge in [-0.3, -0.25) is 4.79 Å². The van der Waals surface area contributed by atoms with E-state index in [0.29, 0.717) is 6.54 Å². The Balaban J connectivity index is 1.31. The summed E-state index contributed by atoms with van der Waals surface area (Å²) in [5.74, 6) is 0.268. The number of fused-ring (bicyclic) bond motifs is 2. The highest BCUT2D eigenvalue weighted by Gasteiger charge is 2.32. The summed E-state index contributed by atoms with van der Waals surface area (Å²) >= 11 is 1.73. The first-order valence-electron chi connectivity index (χ1n) is 9.35. The maximum absolute atomic E-state index is 13.0. The lowest BCUT2D eigenvalue weighted by Crippen LogP contribution is -2.40. The van der Waals surface area contributed by atoms with Gasteiger partial charge in [0.25, 0.3) is 0 Å². The number of nitrogens with one attached hydrogen (secondary N) is 1. The number of H-pyrrole nitrogens is 1. The number of nitrogens with zero attached hydrogens (tertiary/aromatic N) is 2. The van der Waals surface area contributed by atoms with Crippen LogP contribution in [-0.2, 0) is 11.2 Å². The normalized spacial score (nSPS) is 19.2. The van der Waals surface area contributed by atoms with Crippen LogP contribution in [0.3, 0.4) is 0 Å². The van der Waals surface area contributed by atoms with Crippen LogP contribution >= 0.6 is 11.8 Å². The molecule has 2 aromatic heterocycles. The summed E-state index contributed by atoms with van der Waals surface area (Å²) in [5.41, 5.74) is 6.00. The fourth-order valence-electron chi connectivity index (χ4n) is 4.01. The smallest absolute Gasteiger partial charge is 0.236 e. The summed E-state index contributed by atoms with van der Waals surface area (Å²) in [6.45, 7) is 3.57. The number of aryl methyl sites for hydroxylation is 1. The largest absolute Gasteiger partial charge is 0.346 e. The molecule has 0 saturated carbocycles. The summed E-state index contributed by atoms with van der Waals surface area (Å²) in [4.78, 5) is 23.9. The average Bonchev–Trinajstić information content (AvgIpc) is 3.31. The lowest BCUT2D eigenvalue weighted by molar-refractivity contribution is -0.130. The molecule has 5 rings (SSSR count). The lowest BCUT2D eigenvalue weighted by atomic mass is 9.99. The van der Waals surface area contributed by atoms with Gasteiger partial charge in [0.2, 0.25) is 5.91 Å². The zero-order valence-electron chi connectivity index (χ0n) is 15.2. The van der Waals surface area contributed by atoms with Crippen molar-refractivity contribution in [2.45, 2.75) is 29.9 Å². The second-order valence-electron chi connectivity index (χ2n) is 7.29. The van der Waals surface area contributed by atoms with Gasteiger partial charge in [-0.2, -0.15) is 0 Å². The predicted octanol–water partition coefficient (Wildman–Crippen LogP) is 4.20. The molecule has 1 amide bonds. The number of aromatic amines is 1. The van der Waals surface area contributed by atoms with Crippen LogP contribution in [0.1, 0.15) is 23.1 Å². The minimum absolute atomic E-state index is 0.0223. The third-order valence-corrected chi connectivity index (χ3v) is 6.78. The number of thioether (sulfide) groups is 1. The molecule has 0 saturated heterocycles. The maximum Gasteiger partial charge on any atom is 0.236 e. The second-order valence-corrected chi connectivity index (χ2v) is 8.53. The molecule has 3 aromatic rings. The Hall–Kier alpha value is -2.53. The van der Waals surface area contributed by atoms with Crippen LogP contribution < -0.4 is 0 Å². The van der Waals surface area contributed by atoms with E-state index in [-0.39, 0.29) is 11.2 Å². The molecule has 4 nitrogen and oxygen atoms in total. The van der Waals surface area contributed by atoms with Gasteiger partial charge in [0.05, 0.1) is 5.25 Å². The number of aromatic nitrogens is 2. The first kappa shape index (κ1) is 16.6. The van der Waals surface area contributed by atoms with Gasteiger partial charge in [-0.15, -0.1) is 11.8 Å². The van der Waals surface area contributed by atoms with Gasteiger partial charge in [-0.25, -0.2) is 4.98 Å². The van der Waals surface area contributed by atoms with Gasteiger partial charge in [-0.05, 0) is 49.1 Å². The summed E-state index contributed by atoms with van der Waals surface area (Å²) in [5, 5.41) is 1.18. The molecule has 1 aromatic carbocycles. The van der Waals surface area contributed by atoms with Crippen LogP contribution in [0, 0.1) is 6.92 Å². The third kappa shape index (κ3) is 2.96. The highest BCUT2D eigenvalue weighted by Crippen LogP contribution is 2.39. The van der Waals surface area contributed by atoms with Gasteiger partial charge >= 0.3 is 0 Å². The first-order valence-corrected chi connectivity index (χ1v) is 10.2. The molecule has 4 heterocycles. The molecule has 2 aliphatic rings. The SMILES string of the molecule is Cc1ccc2c(c1)SC(C(=O)N1CC=C(c3c[nH]c4ncccc34)CC1)C2. The van der Waals surface area contributed by atoms with E-state index in [0.717, 1.165) is 30.4 Å². The Morgan fingerprint density at radius 1 is 1.33 bits per heavy atom. The van der Waals surface area contributed by atoms with Crippen LogP contribution in [-0.4, -0.2) is 39.1 Å². The van der Waals surface area contributed by atoms with Gasteiger partial charge in [0.1, 0.15) is 5.65 Å². The van der Waals surface area contributed by atoms with Crippen molar-refractivity contribution in [3.8, 4) is 0 Å². The molecule has 27 heavy (non-hydrogen) atoms. The molecule has 1 atom stereocenters. The van der Waals surface area contributed by atoms with Crippen LogP contribution in [0.25, 0.3) is 16.6 Å². The second kappa shape index (κ2) is 6.57. The Bertz CT molecular complexity index is 1070. The molecular weight excluding hydrogens is 354 g/mol. The Kier molecular flexibility index (Phi) is 4.05. The summed E-state index contributed by atoms with van der Waals surface area (Å²) < 4.78 is 0. The molecule has 136 valence electrons. The van der Waals surface area contributed by atoms with Crippen molar-refractivity contribution in [1.29, 1.82) is 0 Å². The summed E-state index contributed by atoms with van der Waals surface area (Å²) in [6, 6.07) is 10.6. The van der Waals surface area contributed by atoms with E-state index >= 15 is 0 Å². The third-order valence-electron chi connectivity index (χ3n) is 5.49. The van der Waals surface area contributed by atoms with Crippen LogP contribution in [0.5, 0.6) is 0 Å². The van der Waals surface area contributed by atoms with Crippen molar-refractivity contribution >= 4 is 34.3 Å². The number of amides is 1. The van der Waals surface area contributed by atoms with Gasteiger partial charge in [0.15, 0.2) is 0 Å². The number of hydrogen-bond donors (Lipinski definition) is 1. The van der Waals surface area contributed by atoms with Crippen LogP contribution in [0.2, 0.25) is 0 Å². The van der Waals surface area contributed by atoms with Crippen molar-refractivity contribution in [3.05, 3.63) is 65.5 Å². The Labute approximate surface area is 162 Å². The van der Waals surface area contributed by atoms with E-state index in [2.05, 4.69) is 47.2 Å². The lowest BCUT2D eigenvalue weighted by Gasteiger charge is -2.28. The monoisotopic (exact) mass is 375 g/mol. The Morgan fingerprint density at radius 3 is 3.11 bits per heavy atom. The minimum Gasteiger partial charge on any atom is -0.346 e. The minimum atomic E-state index is 0.0223. The van der Waals surface area contributed by atoms with Crippen molar-refractivity contribution in [2.75, 3.05) is 13.1 Å². The molecule has 0 fully saturated rings. The first-order chi connectivity index (χ1) is 13.2. The van der Waals surface area contributed by atoms with Crippen LogP contribution in [0.4, 0.5) is 0 Å². The molecule has 0 spiro atoms. The predicted molar refractivity (Wildman–Crippen MR) is 110 cm³/mol. The number of rotatable bonds is 2. The summed E-state index contributed by atoms with van der Waals surface area (Å²) in [7, 11) is 0. The van der Waals surface area contributed by atoms with Gasteiger partial charge < -0.3 is 9.88 Å². The summed E-state index contributed by atoms with van der Waals surface area (Å²) in [6.07, 6.45) is 7.77. The van der Waals surface area contributed by atoms with E-state index in [4.69, 9.17) is 0 Å². The van der Waals surface area contributed by atoms with Crippen molar-refractivity contribution < 1.29 is 4.79 Å². The number of carbonyl (C=O) groups is 1. The topological polar surface area (TPSA) is 49.0 Å². The van der Waals surface area contributed by atoms with Crippen molar-refractivity contribution in [2.24, 2.45) is 0 Å². The molecule has 0 radical (unpaired) electrons. The zero-order valence-corrected chi connectivity index (χ0v) is 16.1. The fraction of sp³-hybridized carbons (Fsp3) is 0.273. The highest BCUT2D eigenvalue weighted by molar-refractivity contribution is 8.01. The number of pyridine rings is 1. The van der Waals surface area contributed by atoms with Gasteiger partial charge in [0, 0.05) is 41.3 Å². The van der Waals surface area contributed by atoms with E-state index in [9.17, 15) is 4.79 Å². The number of carbonyl (C=O) groups excluding carboxylic acids is 1. The Morgan fingerprint density at radius 2 is 2.26 bits per heavy atom. The van der Waals surface area contributed by atoms with Crippen LogP contribution in [0.15, 0.2) is 53.7 Å². The van der Waals surface area contributed by atoms with E-state index in [1.807, 2.05) is 17.2 Å². The average molecular weight is 375 g/mol. The molecule has 2 aliphatic heterocycles. The standard InChI is InChI=1S/C22H21N3OS/c1-14-4-5-16-12-20(27-19(16)11-14)22(26)25-9-6-15(7-10-25)18-13-24-21-17(18)3-2-8-23-21/h2-6,8,11,13,20H,7,9-10,12H2,1H3,(H,23,24). The number of hydrogen-bond acceptors (Lipinski definition) is 3. The number of benzene rings is 1. The van der Waals surface area contributed by atoms with Gasteiger partial charge in [-0.1, -0.05) is 23.8 Å². The van der Waals surface area contributed by atoms with E-state index < -0.39 is 0 Å². The molecular formula is C22H21N3OS. The quantitative estimate of drug-likeness (QED) is 0.730. The fourth-order valence-corrected chi connectivity index (χ4v) is 5.39. The molecule has 5 heteroatoms. The molecule has 1 N–H and O–H groups in total. The van der Waals surface area contributed by atoms with Crippen molar-refractivity contribution in [3.63, 3.8) is 0 Å².